The summed E-state index contributed by atoms with van der Waals surface area (Å²) in [7, 11) is 0. The van der Waals surface area contributed by atoms with E-state index in [-0.39, 0.29) is 5.91 Å². The zero-order valence-corrected chi connectivity index (χ0v) is 12.3. The highest BCUT2D eigenvalue weighted by Gasteiger charge is 2.22. The zero-order valence-electron chi connectivity index (χ0n) is 11.5. The van der Waals surface area contributed by atoms with Crippen LogP contribution in [0.4, 0.5) is 0 Å². The molecular formula is C14H18N3O2S+. The maximum absolute atomic E-state index is 11.3. The van der Waals surface area contributed by atoms with E-state index >= 15 is 0 Å². The van der Waals surface area contributed by atoms with E-state index in [2.05, 4.69) is 5.16 Å². The van der Waals surface area contributed by atoms with Crippen molar-refractivity contribution in [1.82, 2.24) is 10.1 Å². The van der Waals surface area contributed by atoms with Crippen LogP contribution in [0.15, 0.2) is 28.1 Å². The average Bonchev–Trinajstić information content (AvgIpc) is 3.09. The van der Waals surface area contributed by atoms with Crippen molar-refractivity contribution in [3.05, 3.63) is 29.3 Å². The fraction of sp³-hybridized carbons (Fsp3) is 0.429. The molecule has 2 aromatic rings. The molecule has 5 nitrogen and oxygen atoms in total. The molecule has 3 rings (SSSR count). The Morgan fingerprint density at radius 1 is 1.50 bits per heavy atom. The van der Waals surface area contributed by atoms with Gasteiger partial charge in [-0.2, -0.15) is 0 Å². The van der Waals surface area contributed by atoms with Gasteiger partial charge in [-0.15, -0.1) is 11.3 Å². The number of carbonyl (C=O) groups excluding carboxylic acids is 1. The number of amides is 1. The van der Waals surface area contributed by atoms with Crippen molar-refractivity contribution in [2.45, 2.75) is 13.5 Å². The number of hydrogen-bond acceptors (Lipinski definition) is 4. The molecule has 1 aliphatic rings. The summed E-state index contributed by atoms with van der Waals surface area (Å²) >= 11 is 1.65. The van der Waals surface area contributed by atoms with Crippen LogP contribution in [-0.4, -0.2) is 42.1 Å². The van der Waals surface area contributed by atoms with Gasteiger partial charge in [-0.05, 0) is 11.4 Å². The number of quaternary nitrogens is 1. The molecule has 0 saturated carbocycles. The summed E-state index contributed by atoms with van der Waals surface area (Å²) in [5, 5.41) is 6.18. The number of thiophene rings is 1. The molecule has 0 atom stereocenters. The van der Waals surface area contributed by atoms with Gasteiger partial charge in [0.15, 0.2) is 5.76 Å². The van der Waals surface area contributed by atoms with E-state index in [1.807, 2.05) is 28.5 Å². The largest absolute Gasteiger partial charge is 0.355 e. The van der Waals surface area contributed by atoms with E-state index in [1.54, 1.807) is 18.3 Å². The Balaban J connectivity index is 1.58. The smallest absolute Gasteiger partial charge is 0.219 e. The SMILES string of the molecule is CC(=O)N1CC[NH+](Cc2cc(-c3cccs3)on2)CC1. The first-order valence-corrected chi connectivity index (χ1v) is 7.69. The summed E-state index contributed by atoms with van der Waals surface area (Å²) in [6.45, 7) is 6.11. The second-order valence-corrected chi connectivity index (χ2v) is 6.04. The second-order valence-electron chi connectivity index (χ2n) is 5.09. The third kappa shape index (κ3) is 2.91. The maximum Gasteiger partial charge on any atom is 0.219 e. The summed E-state index contributed by atoms with van der Waals surface area (Å²) in [6, 6.07) is 6.07. The van der Waals surface area contributed by atoms with E-state index in [9.17, 15) is 4.79 Å². The van der Waals surface area contributed by atoms with Crippen molar-refractivity contribution in [3.8, 4) is 10.6 Å². The lowest BCUT2D eigenvalue weighted by Gasteiger charge is -2.31. The molecule has 0 radical (unpaired) electrons. The minimum atomic E-state index is 0.172. The number of carbonyl (C=O) groups is 1. The van der Waals surface area contributed by atoms with Crippen LogP contribution in [0.1, 0.15) is 12.6 Å². The van der Waals surface area contributed by atoms with Crippen LogP contribution in [0, 0.1) is 0 Å². The molecule has 20 heavy (non-hydrogen) atoms. The van der Waals surface area contributed by atoms with Crippen molar-refractivity contribution in [2.75, 3.05) is 26.2 Å². The summed E-state index contributed by atoms with van der Waals surface area (Å²) in [5.41, 5.74) is 0.986. The van der Waals surface area contributed by atoms with Crippen molar-refractivity contribution >= 4 is 17.2 Å². The summed E-state index contributed by atoms with van der Waals surface area (Å²) in [4.78, 5) is 15.8. The maximum atomic E-state index is 11.3. The number of piperazine rings is 1. The summed E-state index contributed by atoms with van der Waals surface area (Å²) in [5.74, 6) is 1.02. The van der Waals surface area contributed by atoms with Crippen LogP contribution in [0.25, 0.3) is 10.6 Å². The first-order chi connectivity index (χ1) is 9.72. The molecule has 0 aromatic carbocycles. The molecule has 0 bridgehead atoms. The van der Waals surface area contributed by atoms with Gasteiger partial charge in [-0.1, -0.05) is 11.2 Å². The Morgan fingerprint density at radius 3 is 2.95 bits per heavy atom. The quantitative estimate of drug-likeness (QED) is 0.904. The van der Waals surface area contributed by atoms with Gasteiger partial charge in [0.25, 0.3) is 0 Å². The molecule has 0 unspecified atom stereocenters. The Morgan fingerprint density at radius 2 is 2.30 bits per heavy atom. The van der Waals surface area contributed by atoms with Gasteiger partial charge in [0.1, 0.15) is 12.2 Å². The van der Waals surface area contributed by atoms with E-state index in [0.717, 1.165) is 49.1 Å². The van der Waals surface area contributed by atoms with Crippen LogP contribution >= 0.6 is 11.3 Å². The second kappa shape index (κ2) is 5.76. The highest BCUT2D eigenvalue weighted by atomic mass is 32.1. The van der Waals surface area contributed by atoms with Gasteiger partial charge in [-0.3, -0.25) is 4.79 Å². The molecule has 2 aromatic heterocycles. The predicted octanol–water partition coefficient (Wildman–Crippen LogP) is 0.650. The molecule has 0 spiro atoms. The molecule has 1 saturated heterocycles. The third-order valence-corrected chi connectivity index (χ3v) is 4.55. The Hall–Kier alpha value is -1.66. The van der Waals surface area contributed by atoms with Crippen molar-refractivity contribution < 1.29 is 14.2 Å². The fourth-order valence-corrected chi connectivity index (χ4v) is 3.17. The van der Waals surface area contributed by atoms with Crippen LogP contribution < -0.4 is 4.90 Å². The van der Waals surface area contributed by atoms with E-state index in [1.165, 1.54) is 4.90 Å². The van der Waals surface area contributed by atoms with Crippen LogP contribution in [0.5, 0.6) is 0 Å². The van der Waals surface area contributed by atoms with E-state index in [0.29, 0.717) is 0 Å². The Kier molecular flexibility index (Phi) is 3.84. The van der Waals surface area contributed by atoms with Gasteiger partial charge < -0.3 is 14.3 Å². The van der Waals surface area contributed by atoms with Crippen molar-refractivity contribution in [1.29, 1.82) is 0 Å². The molecule has 6 heteroatoms. The van der Waals surface area contributed by atoms with Gasteiger partial charge >= 0.3 is 0 Å². The Labute approximate surface area is 121 Å². The summed E-state index contributed by atoms with van der Waals surface area (Å²) < 4.78 is 5.39. The minimum absolute atomic E-state index is 0.172. The average molecular weight is 292 g/mol. The third-order valence-electron chi connectivity index (χ3n) is 3.67. The van der Waals surface area contributed by atoms with Gasteiger partial charge in [-0.25, -0.2) is 0 Å². The van der Waals surface area contributed by atoms with E-state index in [4.69, 9.17) is 4.52 Å². The minimum Gasteiger partial charge on any atom is -0.355 e. The molecule has 1 amide bonds. The number of nitrogens with zero attached hydrogens (tertiary/aromatic N) is 2. The van der Waals surface area contributed by atoms with E-state index < -0.39 is 0 Å². The first-order valence-electron chi connectivity index (χ1n) is 6.81. The van der Waals surface area contributed by atoms with Gasteiger partial charge in [0.2, 0.25) is 5.91 Å². The molecule has 3 heterocycles. The molecule has 106 valence electrons. The van der Waals surface area contributed by atoms with Gasteiger partial charge in [0.05, 0.1) is 31.1 Å². The van der Waals surface area contributed by atoms with Crippen molar-refractivity contribution in [3.63, 3.8) is 0 Å². The summed E-state index contributed by atoms with van der Waals surface area (Å²) in [6.07, 6.45) is 0. The molecule has 1 aliphatic heterocycles. The fourth-order valence-electron chi connectivity index (χ4n) is 2.50. The molecular weight excluding hydrogens is 274 g/mol. The van der Waals surface area contributed by atoms with Gasteiger partial charge in [0, 0.05) is 13.0 Å². The zero-order chi connectivity index (χ0) is 13.9. The standard InChI is InChI=1S/C14H17N3O2S/c1-11(18)17-6-4-16(5-7-17)10-12-9-13(19-15-12)14-3-2-8-20-14/h2-3,8-9H,4-7,10H2,1H3/p+1. The normalized spacial score (nSPS) is 16.6. The lowest BCUT2D eigenvalue weighted by Crippen LogP contribution is -3.13. The lowest BCUT2D eigenvalue weighted by molar-refractivity contribution is -0.918. The molecule has 1 fully saturated rings. The Bertz CT molecular complexity index is 571. The number of hydrogen-bond donors (Lipinski definition) is 1. The number of rotatable bonds is 3. The molecule has 0 aliphatic carbocycles. The predicted molar refractivity (Wildman–Crippen MR) is 76.5 cm³/mol. The topological polar surface area (TPSA) is 50.8 Å². The van der Waals surface area contributed by atoms with Crippen LogP contribution in [-0.2, 0) is 11.3 Å². The van der Waals surface area contributed by atoms with Crippen LogP contribution in [0.2, 0.25) is 0 Å². The van der Waals surface area contributed by atoms with Crippen molar-refractivity contribution in [2.24, 2.45) is 0 Å². The molecule has 1 N–H and O–H groups in total. The highest BCUT2D eigenvalue weighted by molar-refractivity contribution is 7.13. The number of nitrogens with one attached hydrogen (secondary N) is 1. The first kappa shape index (κ1) is 13.3. The highest BCUT2D eigenvalue weighted by Crippen LogP contribution is 2.24. The monoisotopic (exact) mass is 292 g/mol. The number of aromatic nitrogens is 1. The lowest BCUT2D eigenvalue weighted by atomic mass is 10.2. The van der Waals surface area contributed by atoms with Crippen LogP contribution in [0.3, 0.4) is 0 Å².